The number of hydrogen-bond donors (Lipinski definition) is 3. The van der Waals surface area contributed by atoms with E-state index in [-0.39, 0.29) is 6.61 Å². The van der Waals surface area contributed by atoms with Crippen LogP contribution in [0, 0.1) is 5.92 Å². The van der Waals surface area contributed by atoms with Crippen molar-refractivity contribution in [3.05, 3.63) is 53.9 Å². The molecule has 1 fully saturated rings. The van der Waals surface area contributed by atoms with Crippen molar-refractivity contribution in [3.63, 3.8) is 0 Å². The zero-order valence-electron chi connectivity index (χ0n) is 17.5. The van der Waals surface area contributed by atoms with Gasteiger partial charge in [-0.1, -0.05) is 0 Å². The van der Waals surface area contributed by atoms with Crippen molar-refractivity contribution in [3.8, 4) is 0 Å². The van der Waals surface area contributed by atoms with Gasteiger partial charge in [-0.15, -0.1) is 0 Å². The lowest BCUT2D eigenvalue weighted by molar-refractivity contribution is 0.299. The average Bonchev–Trinajstić information content (AvgIpc) is 3.39. The number of rotatable bonds is 6. The Kier molecular flexibility index (Phi) is 5.19. The van der Waals surface area contributed by atoms with E-state index in [2.05, 4.69) is 43.9 Å². The summed E-state index contributed by atoms with van der Waals surface area (Å²) in [4.78, 5) is 13.0. The van der Waals surface area contributed by atoms with Gasteiger partial charge in [-0.25, -0.2) is 9.97 Å². The standard InChI is InChI=1S/C24H28N6O/c25-22-6-4-18-12-17(8-10-31)16(13-21(18)28-22)3-1-15-2-5-20(11-15)30-9-7-19-14-27-24(26)29-23(19)30/h4,6-7,9,12-15,20,31H,1-3,5,8,10-11H2,(H2,25,28)(H2,26,27,29). The number of aryl methyl sites for hydroxylation is 1. The van der Waals surface area contributed by atoms with Crippen LogP contribution in [0.5, 0.6) is 0 Å². The fraction of sp³-hybridized carbons (Fsp3) is 0.375. The summed E-state index contributed by atoms with van der Waals surface area (Å²) in [6.45, 7) is 0.151. The Bertz CT molecular complexity index is 1230. The van der Waals surface area contributed by atoms with E-state index in [1.807, 2.05) is 12.1 Å². The van der Waals surface area contributed by atoms with Crippen molar-refractivity contribution in [2.24, 2.45) is 5.92 Å². The lowest BCUT2D eigenvalue weighted by atomic mass is 9.93. The molecule has 0 aliphatic heterocycles. The van der Waals surface area contributed by atoms with Crippen LogP contribution in [0.2, 0.25) is 0 Å². The van der Waals surface area contributed by atoms with E-state index >= 15 is 0 Å². The van der Waals surface area contributed by atoms with Crippen LogP contribution in [0.3, 0.4) is 0 Å². The van der Waals surface area contributed by atoms with Gasteiger partial charge in [0.05, 0.1) is 5.52 Å². The van der Waals surface area contributed by atoms with E-state index in [1.165, 1.54) is 17.5 Å². The molecule has 31 heavy (non-hydrogen) atoms. The second-order valence-corrected chi connectivity index (χ2v) is 8.63. The maximum atomic E-state index is 9.53. The highest BCUT2D eigenvalue weighted by Crippen LogP contribution is 2.39. The number of aliphatic hydroxyl groups excluding tert-OH is 1. The number of benzene rings is 1. The molecule has 0 radical (unpaired) electrons. The first-order valence-corrected chi connectivity index (χ1v) is 11.0. The summed E-state index contributed by atoms with van der Waals surface area (Å²) < 4.78 is 2.27. The highest BCUT2D eigenvalue weighted by atomic mass is 16.2. The van der Waals surface area contributed by atoms with Gasteiger partial charge in [0.2, 0.25) is 5.95 Å². The predicted octanol–water partition coefficient (Wildman–Crippen LogP) is 3.65. The van der Waals surface area contributed by atoms with Crippen molar-refractivity contribution in [1.82, 2.24) is 19.5 Å². The first-order chi connectivity index (χ1) is 15.1. The van der Waals surface area contributed by atoms with Gasteiger partial charge in [0, 0.05) is 35.8 Å². The van der Waals surface area contributed by atoms with Gasteiger partial charge < -0.3 is 21.1 Å². The summed E-state index contributed by atoms with van der Waals surface area (Å²) in [6.07, 6.45) is 10.2. The quantitative estimate of drug-likeness (QED) is 0.442. The van der Waals surface area contributed by atoms with E-state index in [1.54, 1.807) is 6.20 Å². The molecule has 160 valence electrons. The van der Waals surface area contributed by atoms with Crippen LogP contribution in [-0.4, -0.2) is 31.2 Å². The summed E-state index contributed by atoms with van der Waals surface area (Å²) in [6, 6.07) is 10.7. The molecule has 1 aromatic carbocycles. The zero-order valence-corrected chi connectivity index (χ0v) is 17.5. The smallest absolute Gasteiger partial charge is 0.221 e. The lowest BCUT2D eigenvalue weighted by Gasteiger charge is -2.16. The van der Waals surface area contributed by atoms with Crippen LogP contribution in [0.25, 0.3) is 21.9 Å². The summed E-state index contributed by atoms with van der Waals surface area (Å²) in [5.74, 6) is 1.52. The molecule has 0 saturated heterocycles. The number of nitrogens with zero attached hydrogens (tertiary/aromatic N) is 4. The van der Waals surface area contributed by atoms with Gasteiger partial charge in [0.1, 0.15) is 11.5 Å². The molecular weight excluding hydrogens is 388 g/mol. The molecule has 5 N–H and O–H groups in total. The first-order valence-electron chi connectivity index (χ1n) is 11.0. The molecular formula is C24H28N6O. The Balaban J connectivity index is 1.31. The van der Waals surface area contributed by atoms with Crippen LogP contribution in [0.1, 0.15) is 42.9 Å². The molecule has 0 spiro atoms. The predicted molar refractivity (Wildman–Crippen MR) is 124 cm³/mol. The SMILES string of the molecule is Nc1ccc2cc(CCO)c(CCC3CCC(n4ccc5cnc(N)nc54)C3)cc2n1. The summed E-state index contributed by atoms with van der Waals surface area (Å²) in [5.41, 5.74) is 16.0. The molecule has 4 aromatic rings. The molecule has 2 unspecified atom stereocenters. The molecule has 7 heteroatoms. The Labute approximate surface area is 181 Å². The first kappa shape index (κ1) is 19.8. The number of anilines is 2. The highest BCUT2D eigenvalue weighted by molar-refractivity contribution is 5.82. The Morgan fingerprint density at radius 3 is 2.74 bits per heavy atom. The lowest BCUT2D eigenvalue weighted by Crippen LogP contribution is -2.07. The fourth-order valence-electron chi connectivity index (χ4n) is 5.03. The van der Waals surface area contributed by atoms with E-state index in [0.717, 1.165) is 47.6 Å². The minimum atomic E-state index is 0.151. The van der Waals surface area contributed by atoms with E-state index in [0.29, 0.717) is 30.1 Å². The maximum absolute atomic E-state index is 9.53. The monoisotopic (exact) mass is 416 g/mol. The number of nitrogen functional groups attached to an aromatic ring is 2. The number of fused-ring (bicyclic) bond motifs is 2. The van der Waals surface area contributed by atoms with Gasteiger partial charge in [-0.2, -0.15) is 4.98 Å². The van der Waals surface area contributed by atoms with Crippen LogP contribution in [-0.2, 0) is 12.8 Å². The molecule has 7 nitrogen and oxygen atoms in total. The van der Waals surface area contributed by atoms with Gasteiger partial charge in [0.15, 0.2) is 0 Å². The third kappa shape index (κ3) is 3.93. The molecule has 0 amide bonds. The maximum Gasteiger partial charge on any atom is 0.221 e. The average molecular weight is 417 g/mol. The molecule has 2 atom stereocenters. The molecule has 5 rings (SSSR count). The van der Waals surface area contributed by atoms with Crippen molar-refractivity contribution in [2.45, 2.75) is 44.6 Å². The molecule has 1 saturated carbocycles. The van der Waals surface area contributed by atoms with Gasteiger partial charge in [0.25, 0.3) is 0 Å². The fourth-order valence-corrected chi connectivity index (χ4v) is 5.03. The van der Waals surface area contributed by atoms with Crippen molar-refractivity contribution >= 4 is 33.7 Å². The number of hydrogen-bond acceptors (Lipinski definition) is 6. The van der Waals surface area contributed by atoms with Crippen LogP contribution in [0.15, 0.2) is 42.7 Å². The van der Waals surface area contributed by atoms with Crippen LogP contribution < -0.4 is 11.5 Å². The normalized spacial score (nSPS) is 18.9. The van der Waals surface area contributed by atoms with Gasteiger partial charge in [-0.05, 0) is 85.9 Å². The summed E-state index contributed by atoms with van der Waals surface area (Å²) >= 11 is 0. The Hall–Kier alpha value is -3.19. The zero-order chi connectivity index (χ0) is 21.4. The van der Waals surface area contributed by atoms with E-state index in [4.69, 9.17) is 11.5 Å². The number of nitrogens with two attached hydrogens (primary N) is 2. The Morgan fingerprint density at radius 2 is 1.87 bits per heavy atom. The number of pyridine rings is 1. The third-order valence-corrected chi connectivity index (χ3v) is 6.62. The minimum Gasteiger partial charge on any atom is -0.396 e. The molecule has 1 aliphatic carbocycles. The largest absolute Gasteiger partial charge is 0.396 e. The van der Waals surface area contributed by atoms with Gasteiger partial charge in [-0.3, -0.25) is 0 Å². The Morgan fingerprint density at radius 1 is 1.00 bits per heavy atom. The van der Waals surface area contributed by atoms with Crippen molar-refractivity contribution < 1.29 is 5.11 Å². The summed E-state index contributed by atoms with van der Waals surface area (Å²) in [5, 5.41) is 11.6. The second kappa shape index (κ2) is 8.15. The van der Waals surface area contributed by atoms with E-state index in [9.17, 15) is 5.11 Å². The molecule has 0 bridgehead atoms. The topological polar surface area (TPSA) is 116 Å². The van der Waals surface area contributed by atoms with Gasteiger partial charge >= 0.3 is 0 Å². The summed E-state index contributed by atoms with van der Waals surface area (Å²) in [7, 11) is 0. The number of aromatic nitrogens is 4. The molecule has 3 heterocycles. The van der Waals surface area contributed by atoms with Crippen LogP contribution in [0.4, 0.5) is 11.8 Å². The van der Waals surface area contributed by atoms with E-state index < -0.39 is 0 Å². The molecule has 1 aliphatic rings. The minimum absolute atomic E-state index is 0.151. The second-order valence-electron chi connectivity index (χ2n) is 8.63. The van der Waals surface area contributed by atoms with Crippen LogP contribution >= 0.6 is 0 Å². The number of aliphatic hydroxyl groups is 1. The van der Waals surface area contributed by atoms with Crippen molar-refractivity contribution in [2.75, 3.05) is 18.1 Å². The third-order valence-electron chi connectivity index (χ3n) is 6.62. The molecule has 3 aromatic heterocycles. The highest BCUT2D eigenvalue weighted by Gasteiger charge is 2.27. The van der Waals surface area contributed by atoms with Crippen molar-refractivity contribution in [1.29, 1.82) is 0 Å².